The monoisotopic (exact) mass is 576 g/mol. The van der Waals surface area contributed by atoms with Crippen molar-refractivity contribution in [2.24, 2.45) is 0 Å². The molecule has 0 radical (unpaired) electrons. The summed E-state index contributed by atoms with van der Waals surface area (Å²) in [5.74, 6) is 0. The molecule has 44 heavy (non-hydrogen) atoms. The fraction of sp³-hybridized carbons (Fsp3) is 0.0233. The number of benzene rings is 8. The van der Waals surface area contributed by atoms with Gasteiger partial charge in [-0.1, -0.05) is 140 Å². The lowest BCUT2D eigenvalue weighted by atomic mass is 9.91. The average Bonchev–Trinajstić information content (AvgIpc) is 3.50. The normalized spacial score (nSPS) is 11.8. The lowest BCUT2D eigenvalue weighted by Gasteiger charge is -2.13. The average molecular weight is 577 g/mol. The zero-order valence-electron chi connectivity index (χ0n) is 24.3. The minimum Gasteiger partial charge on any atom is -0.134 e. The zero-order chi connectivity index (χ0) is 29.2. The maximum absolute atomic E-state index is 2.39. The molecule has 0 atom stereocenters. The van der Waals surface area contributed by atoms with Crippen molar-refractivity contribution in [1.82, 2.24) is 0 Å². The summed E-state index contributed by atoms with van der Waals surface area (Å²) in [7, 11) is 0. The number of rotatable bonds is 3. The highest BCUT2D eigenvalue weighted by Crippen LogP contribution is 2.45. The molecule has 1 heteroatoms. The molecule has 1 aromatic heterocycles. The molecule has 0 amide bonds. The van der Waals surface area contributed by atoms with Crippen LogP contribution in [0.2, 0.25) is 0 Å². The van der Waals surface area contributed by atoms with Gasteiger partial charge in [-0.25, -0.2) is 0 Å². The van der Waals surface area contributed by atoms with Crippen LogP contribution in [-0.2, 0) is 0 Å². The van der Waals surface area contributed by atoms with Gasteiger partial charge in [0.05, 0.1) is 0 Å². The Balaban J connectivity index is 1.24. The highest BCUT2D eigenvalue weighted by atomic mass is 32.1. The summed E-state index contributed by atoms with van der Waals surface area (Å²) in [6.07, 6.45) is 0. The first kappa shape index (κ1) is 25.3. The lowest BCUT2D eigenvalue weighted by molar-refractivity contribution is 1.54. The first-order chi connectivity index (χ1) is 21.7. The second-order valence-corrected chi connectivity index (χ2v) is 12.7. The van der Waals surface area contributed by atoms with Crippen molar-refractivity contribution in [1.29, 1.82) is 0 Å². The molecule has 0 aliphatic carbocycles. The third-order valence-electron chi connectivity index (χ3n) is 9.19. The van der Waals surface area contributed by atoms with Gasteiger partial charge in [-0.3, -0.25) is 0 Å². The zero-order valence-corrected chi connectivity index (χ0v) is 25.2. The first-order valence-electron chi connectivity index (χ1n) is 15.2. The van der Waals surface area contributed by atoms with Crippen LogP contribution in [0.3, 0.4) is 0 Å². The van der Waals surface area contributed by atoms with E-state index < -0.39 is 0 Å². The summed E-state index contributed by atoms with van der Waals surface area (Å²) in [6.45, 7) is 2.24. The number of hydrogen-bond donors (Lipinski definition) is 0. The molecule has 0 unspecified atom stereocenters. The van der Waals surface area contributed by atoms with Gasteiger partial charge >= 0.3 is 0 Å². The molecule has 0 spiro atoms. The number of fused-ring (bicyclic) bond motifs is 9. The highest BCUT2D eigenvalue weighted by molar-refractivity contribution is 7.27. The van der Waals surface area contributed by atoms with E-state index in [1.54, 1.807) is 0 Å². The molecule has 0 saturated carbocycles. The van der Waals surface area contributed by atoms with E-state index in [9.17, 15) is 0 Å². The molecule has 0 saturated heterocycles. The van der Waals surface area contributed by atoms with Crippen LogP contribution in [0.1, 0.15) is 5.56 Å². The Hall–Kier alpha value is -5.24. The van der Waals surface area contributed by atoms with Crippen LogP contribution in [0.15, 0.2) is 152 Å². The third kappa shape index (κ3) is 3.83. The molecule has 9 rings (SSSR count). The molecular formula is C43H28S. The Morgan fingerprint density at radius 3 is 1.64 bits per heavy atom. The Labute approximate surface area is 260 Å². The Kier molecular flexibility index (Phi) is 5.69. The van der Waals surface area contributed by atoms with Gasteiger partial charge in [-0.15, -0.1) is 11.3 Å². The molecule has 0 fully saturated rings. The number of aryl methyl sites for hydroxylation is 1. The second-order valence-electron chi connectivity index (χ2n) is 11.7. The standard InChI is InChI=1S/C43H28S/c1-27-21-23-33(43-41(27)39-20-10-19-32(42(39)44-43)28-11-3-2-4-12-28)31-14-9-13-29(25-31)30-22-24-38-36-17-6-5-15-34(36)35-16-7-8-18-37(35)40(38)26-30/h2-26H,1H3. The van der Waals surface area contributed by atoms with E-state index in [2.05, 4.69) is 159 Å². The minimum atomic E-state index is 1.24. The SMILES string of the molecule is Cc1ccc(-c2cccc(-c3ccc4c5ccccc5c5ccccc5c4c3)c2)c2sc3c(-c4ccccc4)cccc3c12. The molecule has 0 nitrogen and oxygen atoms in total. The van der Waals surface area contributed by atoms with Crippen molar-refractivity contribution in [2.75, 3.05) is 0 Å². The molecular weight excluding hydrogens is 549 g/mol. The minimum absolute atomic E-state index is 1.24. The van der Waals surface area contributed by atoms with Crippen molar-refractivity contribution in [2.45, 2.75) is 6.92 Å². The molecule has 1 heterocycles. The number of hydrogen-bond acceptors (Lipinski definition) is 1. The summed E-state index contributed by atoms with van der Waals surface area (Å²) >= 11 is 1.92. The Morgan fingerprint density at radius 2 is 0.886 bits per heavy atom. The lowest BCUT2D eigenvalue weighted by Crippen LogP contribution is -1.86. The van der Waals surface area contributed by atoms with E-state index in [1.807, 2.05) is 11.3 Å². The maximum atomic E-state index is 2.39. The fourth-order valence-corrected chi connectivity index (χ4v) is 8.54. The van der Waals surface area contributed by atoms with Crippen molar-refractivity contribution in [3.05, 3.63) is 157 Å². The Bertz CT molecular complexity index is 2520. The van der Waals surface area contributed by atoms with Crippen molar-refractivity contribution in [3.63, 3.8) is 0 Å². The van der Waals surface area contributed by atoms with Gasteiger partial charge < -0.3 is 0 Å². The van der Waals surface area contributed by atoms with Gasteiger partial charge in [-0.05, 0) is 90.3 Å². The summed E-state index contributed by atoms with van der Waals surface area (Å²) in [4.78, 5) is 0. The highest BCUT2D eigenvalue weighted by Gasteiger charge is 2.16. The smallest absolute Gasteiger partial charge is 0.0436 e. The van der Waals surface area contributed by atoms with Crippen LogP contribution >= 0.6 is 11.3 Å². The topological polar surface area (TPSA) is 0 Å². The van der Waals surface area contributed by atoms with Gasteiger partial charge in [0.25, 0.3) is 0 Å². The third-order valence-corrected chi connectivity index (χ3v) is 10.5. The van der Waals surface area contributed by atoms with Gasteiger partial charge in [0.15, 0.2) is 0 Å². The van der Waals surface area contributed by atoms with E-state index in [-0.39, 0.29) is 0 Å². The van der Waals surface area contributed by atoms with Gasteiger partial charge in [0.1, 0.15) is 0 Å². The molecule has 0 bridgehead atoms. The molecule has 0 aliphatic heterocycles. The first-order valence-corrected chi connectivity index (χ1v) is 16.0. The van der Waals surface area contributed by atoms with Crippen LogP contribution in [0.25, 0.3) is 85.9 Å². The number of thiophene rings is 1. The van der Waals surface area contributed by atoms with Crippen LogP contribution in [-0.4, -0.2) is 0 Å². The van der Waals surface area contributed by atoms with E-state index >= 15 is 0 Å². The quantitative estimate of drug-likeness (QED) is 0.184. The summed E-state index contributed by atoms with van der Waals surface area (Å²) < 4.78 is 2.71. The summed E-state index contributed by atoms with van der Waals surface area (Å²) in [5, 5.41) is 10.6. The largest absolute Gasteiger partial charge is 0.134 e. The van der Waals surface area contributed by atoms with Crippen molar-refractivity contribution in [3.8, 4) is 33.4 Å². The molecule has 0 aliphatic rings. The predicted octanol–water partition coefficient (Wildman–Crippen LogP) is 12.8. The molecule has 8 aromatic carbocycles. The van der Waals surface area contributed by atoms with Crippen molar-refractivity contribution < 1.29 is 0 Å². The van der Waals surface area contributed by atoms with Gasteiger partial charge in [0, 0.05) is 20.2 Å². The van der Waals surface area contributed by atoms with Crippen LogP contribution < -0.4 is 0 Å². The van der Waals surface area contributed by atoms with E-state index in [0.717, 1.165) is 0 Å². The second kappa shape index (κ2) is 9.91. The predicted molar refractivity (Wildman–Crippen MR) is 193 cm³/mol. The molecule has 0 N–H and O–H groups in total. The van der Waals surface area contributed by atoms with Crippen LogP contribution in [0.5, 0.6) is 0 Å². The molecule has 206 valence electrons. The van der Waals surface area contributed by atoms with E-state index in [1.165, 1.54) is 91.4 Å². The summed E-state index contributed by atoms with van der Waals surface area (Å²) in [5.41, 5.74) is 8.92. The van der Waals surface area contributed by atoms with E-state index in [4.69, 9.17) is 0 Å². The maximum Gasteiger partial charge on any atom is 0.0436 e. The van der Waals surface area contributed by atoms with E-state index in [0.29, 0.717) is 0 Å². The van der Waals surface area contributed by atoms with Crippen LogP contribution in [0.4, 0.5) is 0 Å². The fourth-order valence-electron chi connectivity index (χ4n) is 7.09. The van der Waals surface area contributed by atoms with Crippen LogP contribution in [0, 0.1) is 6.92 Å². The molecule has 9 aromatic rings. The van der Waals surface area contributed by atoms with Gasteiger partial charge in [-0.2, -0.15) is 0 Å². The van der Waals surface area contributed by atoms with Crippen molar-refractivity contribution >= 4 is 63.8 Å². The Morgan fingerprint density at radius 1 is 0.341 bits per heavy atom. The van der Waals surface area contributed by atoms with Gasteiger partial charge in [0.2, 0.25) is 0 Å². The summed E-state index contributed by atoms with van der Waals surface area (Å²) in [6, 6.07) is 55.8.